The molecule has 0 aromatic heterocycles. The van der Waals surface area contributed by atoms with Crippen LogP contribution in [-0.4, -0.2) is 51.9 Å². The summed E-state index contributed by atoms with van der Waals surface area (Å²) >= 11 is 0. The molecule has 0 N–H and O–H groups in total. The van der Waals surface area contributed by atoms with Crippen LogP contribution < -0.4 is 139 Å². The summed E-state index contributed by atoms with van der Waals surface area (Å²) in [6.07, 6.45) is 0.265. The molecule has 8 rings (SSSR count). The summed E-state index contributed by atoms with van der Waals surface area (Å²) in [4.78, 5) is -1.99. The van der Waals surface area contributed by atoms with Gasteiger partial charge in [0.1, 0.15) is 40.5 Å². The van der Waals surface area contributed by atoms with Crippen molar-refractivity contribution in [1.82, 2.24) is 0 Å². The van der Waals surface area contributed by atoms with Crippen LogP contribution in [0.5, 0.6) is 0 Å². The molecule has 0 saturated heterocycles. The van der Waals surface area contributed by atoms with Crippen LogP contribution in [0.15, 0.2) is 189 Å². The molecule has 0 aliphatic rings. The molecule has 0 bridgehead atoms. The van der Waals surface area contributed by atoms with Crippen molar-refractivity contribution in [3.8, 4) is 11.1 Å². The zero-order valence-corrected chi connectivity index (χ0v) is 50.1. The Kier molecular flexibility index (Phi) is 21.1. The van der Waals surface area contributed by atoms with Gasteiger partial charge in [-0.15, -0.1) is 0 Å². The van der Waals surface area contributed by atoms with Gasteiger partial charge >= 0.3 is 118 Å². The molecule has 326 valence electrons. The molecule has 0 amide bonds. The minimum absolute atomic E-state index is 0. The van der Waals surface area contributed by atoms with Crippen LogP contribution in [0.3, 0.4) is 0 Å². The Hall–Kier alpha value is -1.22. The summed E-state index contributed by atoms with van der Waals surface area (Å²) in [5, 5.41) is 4.12. The molecule has 2 unspecified atom stereocenters. The zero-order chi connectivity index (χ0) is 45.6. The fraction of sp³-hybridized carbons (Fsp3) is 0.0435. The third-order valence-electron chi connectivity index (χ3n) is 10.6. The number of fused-ring (bicyclic) bond motifs is 2. The third kappa shape index (κ3) is 13.7. The summed E-state index contributed by atoms with van der Waals surface area (Å²) in [5.41, 5.74) is 1.84. The molecule has 8 aromatic carbocycles. The van der Waals surface area contributed by atoms with Crippen LogP contribution in [0.25, 0.3) is 32.7 Å². The molecule has 22 heteroatoms. The second-order valence-electron chi connectivity index (χ2n) is 14.6. The van der Waals surface area contributed by atoms with Crippen molar-refractivity contribution in [2.24, 2.45) is 0 Å². The van der Waals surface area contributed by atoms with Crippen molar-refractivity contribution in [3.05, 3.63) is 181 Å². The maximum absolute atomic E-state index is 12.7. The van der Waals surface area contributed by atoms with Gasteiger partial charge in [0, 0.05) is 12.3 Å². The van der Waals surface area contributed by atoms with Gasteiger partial charge in [0.15, 0.2) is 0 Å². The van der Waals surface area contributed by atoms with Gasteiger partial charge < -0.3 is 18.2 Å². The molecule has 0 fully saturated rings. The van der Waals surface area contributed by atoms with E-state index in [1.54, 1.807) is 72.8 Å². The monoisotopic (exact) mass is 1060 g/mol. The van der Waals surface area contributed by atoms with Crippen LogP contribution >= 0.6 is 15.8 Å². The third-order valence-corrected chi connectivity index (χ3v) is 18.9. The van der Waals surface area contributed by atoms with Gasteiger partial charge in [-0.25, -0.2) is 33.7 Å². The molecule has 0 heterocycles. The van der Waals surface area contributed by atoms with Crippen molar-refractivity contribution >= 4 is 99.1 Å². The Morgan fingerprint density at radius 2 is 0.618 bits per heavy atom. The summed E-state index contributed by atoms with van der Waals surface area (Å²) in [6, 6.07) is 44.5. The summed E-state index contributed by atoms with van der Waals surface area (Å²) in [6.45, 7) is 0. The first-order valence-electron chi connectivity index (χ1n) is 19.1. The van der Waals surface area contributed by atoms with E-state index in [0.717, 1.165) is 10.6 Å². The molecule has 12 nitrogen and oxygen atoms in total. The fourth-order valence-corrected chi connectivity index (χ4v) is 14.6. The predicted molar refractivity (Wildman–Crippen MR) is 244 cm³/mol. The average molecular weight is 1060 g/mol. The second-order valence-corrected chi connectivity index (χ2v) is 24.5. The first kappa shape index (κ1) is 59.3. The van der Waals surface area contributed by atoms with Crippen molar-refractivity contribution in [2.45, 2.75) is 31.9 Å². The molecule has 68 heavy (non-hydrogen) atoms. The van der Waals surface area contributed by atoms with Gasteiger partial charge in [0.2, 0.25) is 0 Å². The van der Waals surface area contributed by atoms with E-state index in [-0.39, 0.29) is 141 Å². The van der Waals surface area contributed by atoms with Crippen molar-refractivity contribution < 1.29 is 170 Å². The van der Waals surface area contributed by atoms with Crippen LogP contribution in [0.2, 0.25) is 0 Å². The van der Waals surface area contributed by atoms with E-state index in [0.29, 0.717) is 43.6 Å². The standard InChI is InChI=1S/C46H36O12P2S4.4Na/c47-61(48,49)39-15-7-13-37(25-39)59(35-9-3-1-4-10-35)29-33-19-17-31-21-23-41(63(53,54)55)27-43(31)45(33)46-34(20-18-32-22-24-42(28-44(32)46)64(56,57)58)30-60(36-11-5-2-6-12-36)38-14-8-16-40(26-38)62(50,51)52;;;;/h1-28H,29-30H2,(H,47,48,49)(H,50,51,52)(H,53,54,55)(H,56,57,58);;;;/q;4*+1/p-4. The van der Waals surface area contributed by atoms with Gasteiger partial charge in [-0.3, -0.25) is 0 Å². The van der Waals surface area contributed by atoms with Crippen LogP contribution in [0.1, 0.15) is 11.1 Å². The van der Waals surface area contributed by atoms with E-state index < -0.39 is 75.9 Å². The Balaban J connectivity index is 0.00000252. The van der Waals surface area contributed by atoms with E-state index >= 15 is 0 Å². The molecular weight excluding hydrogens is 1030 g/mol. The van der Waals surface area contributed by atoms with E-state index in [1.807, 2.05) is 24.3 Å². The molecule has 0 radical (unpaired) electrons. The Labute approximate surface area is 486 Å². The molecule has 0 spiro atoms. The van der Waals surface area contributed by atoms with E-state index in [4.69, 9.17) is 0 Å². The quantitative estimate of drug-likeness (QED) is 0.0599. The Morgan fingerprint density at radius 1 is 0.324 bits per heavy atom. The van der Waals surface area contributed by atoms with Gasteiger partial charge in [-0.05, 0) is 129 Å². The van der Waals surface area contributed by atoms with E-state index in [2.05, 4.69) is 0 Å². The minimum Gasteiger partial charge on any atom is -0.744 e. The summed E-state index contributed by atoms with van der Waals surface area (Å²) in [5.74, 6) is 0. The van der Waals surface area contributed by atoms with Crippen molar-refractivity contribution in [3.63, 3.8) is 0 Å². The van der Waals surface area contributed by atoms with Gasteiger partial charge in [0.05, 0.1) is 19.6 Å². The van der Waals surface area contributed by atoms with E-state index in [1.165, 1.54) is 72.8 Å². The minimum atomic E-state index is -5.04. The molecule has 0 aliphatic heterocycles. The SMILES string of the molecule is O=S(=O)([O-])c1cccc(P(Cc2ccc3ccc(S(=O)(=O)[O-])cc3c2-c2c(CP(c3ccccc3)c3cccc(S(=O)(=O)[O-])c3)ccc3ccc(S(=O)(=O)[O-])cc23)c2ccccc2)c1.[Na+].[Na+].[Na+].[Na+]. The average Bonchev–Trinajstić information content (AvgIpc) is 3.26. The Morgan fingerprint density at radius 3 is 0.941 bits per heavy atom. The largest absolute Gasteiger partial charge is 1.00 e. The zero-order valence-electron chi connectivity index (χ0n) is 37.0. The number of benzene rings is 8. The molecule has 2 atom stereocenters. The second kappa shape index (κ2) is 24.2. The number of hydrogen-bond donors (Lipinski definition) is 0. The molecular formula is C46H32Na4O12P2S4. The molecule has 0 aliphatic carbocycles. The van der Waals surface area contributed by atoms with Crippen molar-refractivity contribution in [1.29, 1.82) is 0 Å². The smallest absolute Gasteiger partial charge is 0.744 e. The molecule has 8 aromatic rings. The van der Waals surface area contributed by atoms with Crippen LogP contribution in [0.4, 0.5) is 0 Å². The first-order chi connectivity index (χ1) is 30.3. The van der Waals surface area contributed by atoms with E-state index in [9.17, 15) is 51.9 Å². The van der Waals surface area contributed by atoms with Crippen LogP contribution in [-0.2, 0) is 52.8 Å². The Bertz CT molecular complexity index is 3360. The topological polar surface area (TPSA) is 229 Å². The van der Waals surface area contributed by atoms with Crippen molar-refractivity contribution in [2.75, 3.05) is 0 Å². The van der Waals surface area contributed by atoms with Crippen LogP contribution in [0, 0.1) is 0 Å². The maximum atomic E-state index is 12.7. The number of hydrogen-bond acceptors (Lipinski definition) is 12. The normalized spacial score (nSPS) is 12.7. The molecule has 0 saturated carbocycles. The van der Waals surface area contributed by atoms with Gasteiger partial charge in [0.25, 0.3) is 0 Å². The predicted octanol–water partition coefficient (Wildman–Crippen LogP) is -5.44. The fourth-order valence-electron chi connectivity index (χ4n) is 7.69. The number of rotatable bonds is 13. The summed E-state index contributed by atoms with van der Waals surface area (Å²) < 4.78 is 150. The maximum Gasteiger partial charge on any atom is 1.00 e. The summed E-state index contributed by atoms with van der Waals surface area (Å²) in [7, 11) is -23.0. The van der Waals surface area contributed by atoms with Gasteiger partial charge in [-0.2, -0.15) is 0 Å². The first-order valence-corrected chi connectivity index (χ1v) is 27.7. The van der Waals surface area contributed by atoms with Gasteiger partial charge in [-0.1, -0.05) is 121 Å².